The molecular weight excluding hydrogens is 432 g/mol. The van der Waals surface area contributed by atoms with Crippen LogP contribution in [0.15, 0.2) is 64.6 Å². The van der Waals surface area contributed by atoms with Gasteiger partial charge >= 0.3 is 0 Å². The average Bonchev–Trinajstić information content (AvgIpc) is 3.14. The monoisotopic (exact) mass is 450 g/mol. The standard InChI is InChI=1S/C23H19ClN4O2S/c24-18-5-4-17(28-8-10-30-11-9-28)14-20(18)26-23-27-22(29)21(31-23)13-15-3-6-19-16(12-15)2-1-7-25-19/h1-7,12-14H,8-11H2,(H,26,27,29). The van der Waals surface area contributed by atoms with Crippen molar-refractivity contribution in [1.82, 2.24) is 4.98 Å². The number of aromatic nitrogens is 1. The van der Waals surface area contributed by atoms with Crippen LogP contribution in [0.1, 0.15) is 5.56 Å². The van der Waals surface area contributed by atoms with Gasteiger partial charge in [0.2, 0.25) is 0 Å². The van der Waals surface area contributed by atoms with Gasteiger partial charge < -0.3 is 15.0 Å². The predicted molar refractivity (Wildman–Crippen MR) is 128 cm³/mol. The van der Waals surface area contributed by atoms with Gasteiger partial charge in [-0.15, -0.1) is 0 Å². The molecule has 1 amide bonds. The maximum Gasteiger partial charge on any atom is 0.286 e. The van der Waals surface area contributed by atoms with Crippen molar-refractivity contribution < 1.29 is 9.53 Å². The summed E-state index contributed by atoms with van der Waals surface area (Å²) in [5.74, 6) is -0.265. The van der Waals surface area contributed by atoms with Crippen LogP contribution in [-0.4, -0.2) is 42.4 Å². The third-order valence-electron chi connectivity index (χ3n) is 5.11. The minimum Gasteiger partial charge on any atom is -0.378 e. The number of amidine groups is 1. The van der Waals surface area contributed by atoms with E-state index in [0.29, 0.717) is 28.3 Å². The highest BCUT2D eigenvalue weighted by atomic mass is 35.5. The summed E-state index contributed by atoms with van der Waals surface area (Å²) in [6.07, 6.45) is 3.62. The van der Waals surface area contributed by atoms with Gasteiger partial charge in [-0.2, -0.15) is 4.99 Å². The number of ether oxygens (including phenoxy) is 1. The predicted octanol–water partition coefficient (Wildman–Crippen LogP) is 4.81. The van der Waals surface area contributed by atoms with E-state index in [1.165, 1.54) is 11.8 Å². The number of morpholine rings is 1. The molecule has 3 heterocycles. The zero-order valence-corrected chi connectivity index (χ0v) is 18.1. The largest absolute Gasteiger partial charge is 0.378 e. The van der Waals surface area contributed by atoms with Crippen molar-refractivity contribution in [2.24, 2.45) is 4.99 Å². The summed E-state index contributed by atoms with van der Waals surface area (Å²) in [5.41, 5.74) is 3.64. The van der Waals surface area contributed by atoms with E-state index in [9.17, 15) is 4.79 Å². The number of pyridine rings is 1. The number of fused-ring (bicyclic) bond motifs is 1. The highest BCUT2D eigenvalue weighted by Crippen LogP contribution is 2.33. The number of thioether (sulfide) groups is 1. The Labute approximate surface area is 189 Å². The Bertz CT molecular complexity index is 1220. The van der Waals surface area contributed by atoms with Gasteiger partial charge in [-0.3, -0.25) is 9.78 Å². The lowest BCUT2D eigenvalue weighted by molar-refractivity contribution is -0.113. The number of rotatable bonds is 3. The second-order valence-electron chi connectivity index (χ2n) is 7.18. The third kappa shape index (κ3) is 4.44. The van der Waals surface area contributed by atoms with Crippen LogP contribution in [0.4, 0.5) is 11.4 Å². The molecule has 1 fully saturated rings. The van der Waals surface area contributed by atoms with Gasteiger partial charge in [0.25, 0.3) is 5.91 Å². The normalized spacial score (nSPS) is 18.0. The Morgan fingerprint density at radius 1 is 1.13 bits per heavy atom. The van der Waals surface area contributed by atoms with Gasteiger partial charge in [-0.1, -0.05) is 23.7 Å². The van der Waals surface area contributed by atoms with Crippen LogP contribution in [0.5, 0.6) is 0 Å². The number of benzene rings is 2. The lowest BCUT2D eigenvalue weighted by Gasteiger charge is -2.29. The first-order valence-corrected chi connectivity index (χ1v) is 11.1. The highest BCUT2D eigenvalue weighted by Gasteiger charge is 2.23. The summed E-state index contributed by atoms with van der Waals surface area (Å²) in [4.78, 5) is 23.8. The molecule has 0 bridgehead atoms. The van der Waals surface area contributed by atoms with Crippen molar-refractivity contribution in [2.45, 2.75) is 0 Å². The molecule has 8 heteroatoms. The second-order valence-corrected chi connectivity index (χ2v) is 8.61. The van der Waals surface area contributed by atoms with Crippen molar-refractivity contribution >= 4 is 62.8 Å². The number of halogens is 1. The van der Waals surface area contributed by atoms with E-state index in [4.69, 9.17) is 16.3 Å². The molecule has 2 aliphatic heterocycles. The van der Waals surface area contributed by atoms with Gasteiger partial charge in [-0.25, -0.2) is 0 Å². The van der Waals surface area contributed by atoms with E-state index in [-0.39, 0.29) is 5.91 Å². The molecular formula is C23H19ClN4O2S. The summed E-state index contributed by atoms with van der Waals surface area (Å²) >= 11 is 7.70. The maximum atomic E-state index is 12.5. The molecule has 0 atom stereocenters. The van der Waals surface area contributed by atoms with Crippen molar-refractivity contribution in [2.75, 3.05) is 36.5 Å². The number of hydrogen-bond donors (Lipinski definition) is 1. The number of amides is 1. The lowest BCUT2D eigenvalue weighted by Crippen LogP contribution is -2.36. The van der Waals surface area contributed by atoms with E-state index in [2.05, 4.69) is 20.2 Å². The molecule has 0 unspecified atom stereocenters. The van der Waals surface area contributed by atoms with E-state index >= 15 is 0 Å². The van der Waals surface area contributed by atoms with E-state index < -0.39 is 0 Å². The summed E-state index contributed by atoms with van der Waals surface area (Å²) in [6, 6.07) is 15.6. The maximum absolute atomic E-state index is 12.5. The number of anilines is 2. The first kappa shape index (κ1) is 20.1. The SMILES string of the molecule is O=C1N=C(Nc2cc(N3CCOCC3)ccc2Cl)SC1=Cc1ccc2ncccc2c1. The number of carbonyl (C=O) groups is 1. The number of carbonyl (C=O) groups excluding carboxylic acids is 1. The van der Waals surface area contributed by atoms with Gasteiger partial charge in [0.05, 0.1) is 34.3 Å². The van der Waals surface area contributed by atoms with Gasteiger partial charge in [-0.05, 0) is 59.8 Å². The summed E-state index contributed by atoms with van der Waals surface area (Å²) in [6.45, 7) is 3.09. The van der Waals surface area contributed by atoms with Crippen LogP contribution in [-0.2, 0) is 9.53 Å². The van der Waals surface area contributed by atoms with Crippen molar-refractivity contribution in [1.29, 1.82) is 0 Å². The number of hydrogen-bond acceptors (Lipinski definition) is 6. The van der Waals surface area contributed by atoms with Crippen molar-refractivity contribution in [3.05, 3.63) is 70.2 Å². The fourth-order valence-electron chi connectivity index (χ4n) is 3.54. The fourth-order valence-corrected chi connectivity index (χ4v) is 4.53. The molecule has 3 aromatic rings. The van der Waals surface area contributed by atoms with E-state index in [1.807, 2.05) is 54.6 Å². The molecule has 156 valence electrons. The smallest absolute Gasteiger partial charge is 0.286 e. The summed E-state index contributed by atoms with van der Waals surface area (Å²) in [5, 5.41) is 5.33. The topological polar surface area (TPSA) is 66.8 Å². The van der Waals surface area contributed by atoms with Gasteiger partial charge in [0.15, 0.2) is 5.17 Å². The van der Waals surface area contributed by atoms with Crippen molar-refractivity contribution in [3.8, 4) is 0 Å². The molecule has 5 rings (SSSR count). The van der Waals surface area contributed by atoms with Gasteiger partial charge in [0.1, 0.15) is 0 Å². The Morgan fingerprint density at radius 2 is 2.00 bits per heavy atom. The molecule has 2 aromatic carbocycles. The van der Waals surface area contributed by atoms with Crippen LogP contribution in [0.3, 0.4) is 0 Å². The quantitative estimate of drug-likeness (QED) is 0.578. The van der Waals surface area contributed by atoms with Crippen LogP contribution in [0, 0.1) is 0 Å². The Morgan fingerprint density at radius 3 is 2.87 bits per heavy atom. The summed E-state index contributed by atoms with van der Waals surface area (Å²) < 4.78 is 5.43. The van der Waals surface area contributed by atoms with E-state index in [1.54, 1.807) is 6.20 Å². The zero-order valence-electron chi connectivity index (χ0n) is 16.5. The molecule has 6 nitrogen and oxygen atoms in total. The molecule has 2 aliphatic rings. The number of aliphatic imine (C=N–C) groups is 1. The number of nitrogens with zero attached hydrogens (tertiary/aromatic N) is 3. The Hall–Kier alpha value is -2.87. The average molecular weight is 451 g/mol. The highest BCUT2D eigenvalue weighted by molar-refractivity contribution is 8.18. The van der Waals surface area contributed by atoms with E-state index in [0.717, 1.165) is 40.9 Å². The first-order chi connectivity index (χ1) is 15.2. The molecule has 1 saturated heterocycles. The first-order valence-electron chi connectivity index (χ1n) is 9.92. The minimum atomic E-state index is -0.265. The molecule has 0 aliphatic carbocycles. The number of nitrogens with one attached hydrogen (secondary N) is 1. The zero-order chi connectivity index (χ0) is 21.2. The second kappa shape index (κ2) is 8.70. The third-order valence-corrected chi connectivity index (χ3v) is 6.34. The summed E-state index contributed by atoms with van der Waals surface area (Å²) in [7, 11) is 0. The molecule has 1 aromatic heterocycles. The molecule has 31 heavy (non-hydrogen) atoms. The Balaban J connectivity index is 1.34. The Kier molecular flexibility index (Phi) is 5.63. The van der Waals surface area contributed by atoms with Crippen LogP contribution in [0.25, 0.3) is 17.0 Å². The molecule has 1 N–H and O–H groups in total. The van der Waals surface area contributed by atoms with Gasteiger partial charge in [0, 0.05) is 30.4 Å². The van der Waals surface area contributed by atoms with Crippen LogP contribution >= 0.6 is 23.4 Å². The molecule has 0 radical (unpaired) electrons. The molecule has 0 spiro atoms. The fraction of sp³-hybridized carbons (Fsp3) is 0.174. The van der Waals surface area contributed by atoms with Crippen LogP contribution < -0.4 is 10.2 Å². The molecule has 0 saturated carbocycles. The minimum absolute atomic E-state index is 0.265. The lowest BCUT2D eigenvalue weighted by atomic mass is 10.1. The van der Waals surface area contributed by atoms with Crippen LogP contribution in [0.2, 0.25) is 5.02 Å². The van der Waals surface area contributed by atoms with Crippen molar-refractivity contribution in [3.63, 3.8) is 0 Å².